The van der Waals surface area contributed by atoms with Crippen molar-refractivity contribution in [2.75, 3.05) is 0 Å². The zero-order chi connectivity index (χ0) is 14.2. The van der Waals surface area contributed by atoms with Crippen molar-refractivity contribution in [3.8, 4) is 0 Å². The number of nitrogens with zero attached hydrogens (tertiary/aromatic N) is 2. The summed E-state index contributed by atoms with van der Waals surface area (Å²) >= 11 is 8.63. The highest BCUT2D eigenvalue weighted by molar-refractivity contribution is 14.1. The average molecular weight is 390 g/mol. The van der Waals surface area contributed by atoms with Gasteiger partial charge in [-0.25, -0.2) is 0 Å². The summed E-state index contributed by atoms with van der Waals surface area (Å²) in [6.07, 6.45) is 0.690. The van der Waals surface area contributed by atoms with Crippen molar-refractivity contribution in [2.24, 2.45) is 12.8 Å². The van der Waals surface area contributed by atoms with E-state index in [4.69, 9.17) is 17.3 Å². The smallest absolute Gasteiger partial charge is 0.0847 e. The van der Waals surface area contributed by atoms with Crippen LogP contribution in [0.2, 0.25) is 5.02 Å². The van der Waals surface area contributed by atoms with E-state index in [-0.39, 0.29) is 6.04 Å². The second-order valence-electron chi connectivity index (χ2n) is 4.76. The van der Waals surface area contributed by atoms with Gasteiger partial charge in [0.2, 0.25) is 0 Å². The lowest BCUT2D eigenvalue weighted by molar-refractivity contribution is 0.638. The number of hydrogen-bond donors (Lipinski definition) is 1. The van der Waals surface area contributed by atoms with Crippen LogP contribution in [0.25, 0.3) is 0 Å². The van der Waals surface area contributed by atoms with Gasteiger partial charge in [0.1, 0.15) is 0 Å². The van der Waals surface area contributed by atoms with Crippen molar-refractivity contribution in [1.82, 2.24) is 9.78 Å². The van der Waals surface area contributed by atoms with Crippen molar-refractivity contribution >= 4 is 34.2 Å². The van der Waals surface area contributed by atoms with E-state index < -0.39 is 0 Å². The van der Waals surface area contributed by atoms with Gasteiger partial charge in [0.25, 0.3) is 0 Å². The third-order valence-corrected chi connectivity index (χ3v) is 5.26. The molecule has 1 aromatic heterocycles. The van der Waals surface area contributed by atoms with E-state index in [0.29, 0.717) is 6.42 Å². The summed E-state index contributed by atoms with van der Waals surface area (Å²) in [4.78, 5) is 0. The molecule has 0 aliphatic heterocycles. The highest BCUT2D eigenvalue weighted by atomic mass is 127. The second-order valence-corrected chi connectivity index (χ2v) is 6.22. The standard InChI is InChI=1S/C14H17ClIN3/c1-8-5-4-6-10(14(8)16)11(17)7-12-13(15)9(2)18-19(12)3/h4-6,11H,7,17H2,1-3H3. The molecule has 2 N–H and O–H groups in total. The van der Waals surface area contributed by atoms with Gasteiger partial charge in [-0.2, -0.15) is 5.10 Å². The van der Waals surface area contributed by atoms with Gasteiger partial charge in [-0.1, -0.05) is 29.8 Å². The molecule has 0 spiro atoms. The van der Waals surface area contributed by atoms with Crippen LogP contribution in [0.15, 0.2) is 18.2 Å². The van der Waals surface area contributed by atoms with Gasteiger partial charge < -0.3 is 5.73 Å². The van der Waals surface area contributed by atoms with Crippen molar-refractivity contribution in [1.29, 1.82) is 0 Å². The minimum atomic E-state index is -0.0703. The molecule has 1 aromatic carbocycles. The van der Waals surface area contributed by atoms with E-state index in [1.54, 1.807) is 0 Å². The minimum absolute atomic E-state index is 0.0703. The summed E-state index contributed by atoms with van der Waals surface area (Å²) in [6, 6.07) is 6.15. The Morgan fingerprint density at radius 1 is 1.42 bits per heavy atom. The maximum absolute atomic E-state index is 6.34. The van der Waals surface area contributed by atoms with Crippen LogP contribution in [0.1, 0.15) is 28.6 Å². The molecule has 3 nitrogen and oxygen atoms in total. The highest BCUT2D eigenvalue weighted by Crippen LogP contribution is 2.27. The van der Waals surface area contributed by atoms with Gasteiger partial charge in [-0.3, -0.25) is 4.68 Å². The topological polar surface area (TPSA) is 43.8 Å². The number of nitrogens with two attached hydrogens (primary N) is 1. The number of aryl methyl sites for hydroxylation is 3. The largest absolute Gasteiger partial charge is 0.324 e. The van der Waals surface area contributed by atoms with Crippen LogP contribution in [-0.2, 0) is 13.5 Å². The van der Waals surface area contributed by atoms with Crippen molar-refractivity contribution in [3.05, 3.63) is 49.3 Å². The molecular weight excluding hydrogens is 373 g/mol. The van der Waals surface area contributed by atoms with Crippen LogP contribution in [-0.4, -0.2) is 9.78 Å². The van der Waals surface area contributed by atoms with Gasteiger partial charge in [-0.05, 0) is 47.6 Å². The molecule has 0 bridgehead atoms. The lowest BCUT2D eigenvalue weighted by Crippen LogP contribution is -2.17. The monoisotopic (exact) mass is 389 g/mol. The van der Waals surface area contributed by atoms with Crippen LogP contribution < -0.4 is 5.73 Å². The number of halogens is 2. The molecule has 0 aliphatic rings. The summed E-state index contributed by atoms with van der Waals surface area (Å²) in [5.74, 6) is 0. The summed E-state index contributed by atoms with van der Waals surface area (Å²) in [5.41, 5.74) is 10.6. The molecule has 0 saturated heterocycles. The Hall–Kier alpha value is -0.590. The molecule has 102 valence electrons. The third-order valence-electron chi connectivity index (χ3n) is 3.30. The molecule has 0 radical (unpaired) electrons. The average Bonchev–Trinajstić information content (AvgIpc) is 2.59. The number of aromatic nitrogens is 2. The fourth-order valence-corrected chi connectivity index (χ4v) is 3.17. The van der Waals surface area contributed by atoms with E-state index in [9.17, 15) is 0 Å². The zero-order valence-electron chi connectivity index (χ0n) is 11.2. The molecule has 0 fully saturated rings. The van der Waals surface area contributed by atoms with Gasteiger partial charge in [0.05, 0.1) is 16.4 Å². The summed E-state index contributed by atoms with van der Waals surface area (Å²) in [6.45, 7) is 4.01. The summed E-state index contributed by atoms with van der Waals surface area (Å²) in [5, 5.41) is 5.05. The van der Waals surface area contributed by atoms with Crippen LogP contribution in [0, 0.1) is 17.4 Å². The first kappa shape index (κ1) is 14.8. The van der Waals surface area contributed by atoms with Crippen molar-refractivity contribution < 1.29 is 0 Å². The maximum Gasteiger partial charge on any atom is 0.0847 e. The number of benzene rings is 1. The molecule has 1 heterocycles. The lowest BCUT2D eigenvalue weighted by atomic mass is 10.0. The fraction of sp³-hybridized carbons (Fsp3) is 0.357. The first-order valence-electron chi connectivity index (χ1n) is 6.10. The van der Waals surface area contributed by atoms with Crippen LogP contribution in [0.3, 0.4) is 0 Å². The first-order valence-corrected chi connectivity index (χ1v) is 7.56. The quantitative estimate of drug-likeness (QED) is 0.816. The normalized spacial score (nSPS) is 12.7. The zero-order valence-corrected chi connectivity index (χ0v) is 14.2. The highest BCUT2D eigenvalue weighted by Gasteiger charge is 2.17. The predicted molar refractivity (Wildman–Crippen MR) is 87.5 cm³/mol. The van der Waals surface area contributed by atoms with E-state index in [0.717, 1.165) is 22.0 Å². The first-order chi connectivity index (χ1) is 8.91. The number of rotatable bonds is 3. The Kier molecular flexibility index (Phi) is 4.53. The molecule has 2 rings (SSSR count). The molecule has 2 aromatic rings. The lowest BCUT2D eigenvalue weighted by Gasteiger charge is -2.15. The fourth-order valence-electron chi connectivity index (χ4n) is 2.18. The van der Waals surface area contributed by atoms with Crippen molar-refractivity contribution in [3.63, 3.8) is 0 Å². The Labute approximate surface area is 132 Å². The molecule has 1 atom stereocenters. The van der Waals surface area contributed by atoms with Crippen LogP contribution >= 0.6 is 34.2 Å². The van der Waals surface area contributed by atoms with Crippen molar-refractivity contribution in [2.45, 2.75) is 26.3 Å². The second kappa shape index (κ2) is 5.81. The van der Waals surface area contributed by atoms with Gasteiger partial charge >= 0.3 is 0 Å². The summed E-state index contributed by atoms with van der Waals surface area (Å²) < 4.78 is 3.04. The molecular formula is C14H17ClIN3. The predicted octanol–water partition coefficient (Wildman–Crippen LogP) is 3.54. The van der Waals surface area contributed by atoms with Gasteiger partial charge in [-0.15, -0.1) is 0 Å². The number of hydrogen-bond acceptors (Lipinski definition) is 2. The third kappa shape index (κ3) is 2.95. The maximum atomic E-state index is 6.34. The molecule has 1 unspecified atom stereocenters. The van der Waals surface area contributed by atoms with E-state index >= 15 is 0 Å². The SMILES string of the molecule is Cc1cccc(C(N)Cc2c(Cl)c(C)nn2C)c1I. The van der Waals surface area contributed by atoms with Crippen LogP contribution in [0.5, 0.6) is 0 Å². The Morgan fingerprint density at radius 2 is 2.11 bits per heavy atom. The minimum Gasteiger partial charge on any atom is -0.324 e. The Bertz CT molecular complexity index is 607. The van der Waals surface area contributed by atoms with E-state index in [1.807, 2.05) is 24.7 Å². The van der Waals surface area contributed by atoms with E-state index in [1.165, 1.54) is 9.13 Å². The Balaban J connectivity index is 2.31. The molecule has 0 aliphatic carbocycles. The van der Waals surface area contributed by atoms with Gasteiger partial charge in [0.15, 0.2) is 0 Å². The van der Waals surface area contributed by atoms with Crippen LogP contribution in [0.4, 0.5) is 0 Å². The summed E-state index contributed by atoms with van der Waals surface area (Å²) in [7, 11) is 1.90. The molecule has 0 saturated carbocycles. The molecule has 0 amide bonds. The van der Waals surface area contributed by atoms with E-state index in [2.05, 4.69) is 46.7 Å². The van der Waals surface area contributed by atoms with Gasteiger partial charge in [0, 0.05) is 23.1 Å². The molecule has 5 heteroatoms. The molecule has 19 heavy (non-hydrogen) atoms. The Morgan fingerprint density at radius 3 is 2.68 bits per heavy atom.